The van der Waals surface area contributed by atoms with Crippen LogP contribution in [0.5, 0.6) is 0 Å². The SMILES string of the molecule is CCNC(C)c1ccc(N2CCCC(CC)C2)nc1. The van der Waals surface area contributed by atoms with Gasteiger partial charge in [-0.15, -0.1) is 0 Å². The molecule has 1 aromatic heterocycles. The number of nitrogens with zero attached hydrogens (tertiary/aromatic N) is 2. The molecule has 1 aliphatic rings. The van der Waals surface area contributed by atoms with Crippen molar-refractivity contribution in [1.29, 1.82) is 0 Å². The molecular weight excluding hydrogens is 234 g/mol. The first-order valence-corrected chi connectivity index (χ1v) is 7.68. The Hall–Kier alpha value is -1.09. The lowest BCUT2D eigenvalue weighted by atomic mass is 9.96. The minimum absolute atomic E-state index is 0.385. The van der Waals surface area contributed by atoms with Crippen LogP contribution in [-0.4, -0.2) is 24.6 Å². The molecular formula is C16H27N3. The average molecular weight is 261 g/mol. The number of aromatic nitrogens is 1. The van der Waals surface area contributed by atoms with Gasteiger partial charge < -0.3 is 10.2 Å². The fourth-order valence-corrected chi connectivity index (χ4v) is 2.87. The van der Waals surface area contributed by atoms with Crippen molar-refractivity contribution >= 4 is 5.82 Å². The summed E-state index contributed by atoms with van der Waals surface area (Å²) in [5, 5.41) is 3.42. The highest BCUT2D eigenvalue weighted by atomic mass is 15.2. The average Bonchev–Trinajstić information content (AvgIpc) is 2.48. The standard InChI is InChI=1S/C16H27N3/c1-4-14-7-6-10-19(12-14)16-9-8-15(11-18-16)13(3)17-5-2/h8-9,11,13-14,17H,4-7,10,12H2,1-3H3. The maximum Gasteiger partial charge on any atom is 0.128 e. The predicted molar refractivity (Wildman–Crippen MR) is 81.6 cm³/mol. The van der Waals surface area contributed by atoms with Gasteiger partial charge in [0.25, 0.3) is 0 Å². The van der Waals surface area contributed by atoms with Gasteiger partial charge in [-0.3, -0.25) is 0 Å². The van der Waals surface area contributed by atoms with Crippen LogP contribution in [0.15, 0.2) is 18.3 Å². The first-order valence-electron chi connectivity index (χ1n) is 7.68. The summed E-state index contributed by atoms with van der Waals surface area (Å²) in [5.41, 5.74) is 1.27. The molecule has 1 fully saturated rings. The number of pyridine rings is 1. The lowest BCUT2D eigenvalue weighted by Gasteiger charge is -2.33. The fraction of sp³-hybridized carbons (Fsp3) is 0.688. The molecule has 3 heteroatoms. The summed E-state index contributed by atoms with van der Waals surface area (Å²) in [7, 11) is 0. The Bertz CT molecular complexity index is 374. The maximum absolute atomic E-state index is 4.66. The lowest BCUT2D eigenvalue weighted by molar-refractivity contribution is 0.403. The number of hydrogen-bond acceptors (Lipinski definition) is 3. The zero-order valence-corrected chi connectivity index (χ0v) is 12.5. The van der Waals surface area contributed by atoms with E-state index in [2.05, 4.69) is 48.1 Å². The van der Waals surface area contributed by atoms with E-state index in [4.69, 9.17) is 0 Å². The van der Waals surface area contributed by atoms with Gasteiger partial charge >= 0.3 is 0 Å². The Balaban J connectivity index is 2.01. The number of hydrogen-bond donors (Lipinski definition) is 1. The summed E-state index contributed by atoms with van der Waals surface area (Å²) >= 11 is 0. The third kappa shape index (κ3) is 3.69. The Morgan fingerprint density at radius 2 is 2.26 bits per heavy atom. The third-order valence-electron chi connectivity index (χ3n) is 4.20. The molecule has 2 rings (SSSR count). The molecule has 106 valence electrons. The second-order valence-electron chi connectivity index (χ2n) is 5.59. The van der Waals surface area contributed by atoms with E-state index in [-0.39, 0.29) is 0 Å². The molecule has 1 aliphatic heterocycles. The molecule has 1 aromatic rings. The molecule has 0 saturated carbocycles. The summed E-state index contributed by atoms with van der Waals surface area (Å²) < 4.78 is 0. The third-order valence-corrected chi connectivity index (χ3v) is 4.20. The summed E-state index contributed by atoms with van der Waals surface area (Å²) in [6.07, 6.45) is 5.99. The first-order chi connectivity index (χ1) is 9.24. The topological polar surface area (TPSA) is 28.2 Å². The van der Waals surface area contributed by atoms with Gasteiger partial charge in [-0.05, 0) is 43.9 Å². The molecule has 0 bridgehead atoms. The second kappa shape index (κ2) is 6.90. The lowest BCUT2D eigenvalue weighted by Crippen LogP contribution is -2.35. The van der Waals surface area contributed by atoms with Crippen molar-refractivity contribution < 1.29 is 0 Å². The summed E-state index contributed by atoms with van der Waals surface area (Å²) in [6, 6.07) is 4.78. The second-order valence-corrected chi connectivity index (χ2v) is 5.59. The zero-order chi connectivity index (χ0) is 13.7. The molecule has 3 nitrogen and oxygen atoms in total. The Morgan fingerprint density at radius 3 is 2.89 bits per heavy atom. The van der Waals surface area contributed by atoms with Crippen LogP contribution in [0.4, 0.5) is 5.82 Å². The van der Waals surface area contributed by atoms with Gasteiger partial charge in [0.2, 0.25) is 0 Å². The van der Waals surface area contributed by atoms with Crippen LogP contribution in [0.2, 0.25) is 0 Å². The van der Waals surface area contributed by atoms with Crippen LogP contribution in [0.25, 0.3) is 0 Å². The highest BCUT2D eigenvalue weighted by molar-refractivity contribution is 5.40. The van der Waals surface area contributed by atoms with Crippen molar-refractivity contribution in [3.05, 3.63) is 23.9 Å². The molecule has 19 heavy (non-hydrogen) atoms. The van der Waals surface area contributed by atoms with E-state index in [1.165, 1.54) is 31.4 Å². The molecule has 2 unspecified atom stereocenters. The summed E-state index contributed by atoms with van der Waals surface area (Å²) in [6.45, 7) is 9.94. The first kappa shape index (κ1) is 14.3. The van der Waals surface area contributed by atoms with E-state index in [0.29, 0.717) is 6.04 Å². The molecule has 0 spiro atoms. The van der Waals surface area contributed by atoms with E-state index in [1.807, 2.05) is 6.20 Å². The van der Waals surface area contributed by atoms with Crippen LogP contribution in [-0.2, 0) is 0 Å². The number of piperidine rings is 1. The van der Waals surface area contributed by atoms with E-state index < -0.39 is 0 Å². The highest BCUT2D eigenvalue weighted by Crippen LogP contribution is 2.24. The van der Waals surface area contributed by atoms with Gasteiger partial charge in [0.1, 0.15) is 5.82 Å². The Labute approximate surface area is 117 Å². The predicted octanol–water partition coefficient (Wildman–Crippen LogP) is 3.38. The minimum Gasteiger partial charge on any atom is -0.356 e. The summed E-state index contributed by atoms with van der Waals surface area (Å²) in [4.78, 5) is 7.10. The summed E-state index contributed by atoms with van der Waals surface area (Å²) in [5.74, 6) is 1.99. The van der Waals surface area contributed by atoms with Gasteiger partial charge in [-0.1, -0.05) is 26.3 Å². The van der Waals surface area contributed by atoms with Crippen LogP contribution in [0, 0.1) is 5.92 Å². The number of nitrogens with one attached hydrogen (secondary N) is 1. The van der Waals surface area contributed by atoms with Crippen LogP contribution in [0.1, 0.15) is 51.6 Å². The van der Waals surface area contributed by atoms with Gasteiger partial charge in [0.05, 0.1) is 0 Å². The monoisotopic (exact) mass is 261 g/mol. The fourth-order valence-electron chi connectivity index (χ4n) is 2.87. The Kier molecular flexibility index (Phi) is 5.20. The molecule has 1 saturated heterocycles. The largest absolute Gasteiger partial charge is 0.356 e. The van der Waals surface area contributed by atoms with Crippen LogP contribution < -0.4 is 10.2 Å². The van der Waals surface area contributed by atoms with E-state index in [9.17, 15) is 0 Å². The highest BCUT2D eigenvalue weighted by Gasteiger charge is 2.19. The van der Waals surface area contributed by atoms with Gasteiger partial charge in [-0.2, -0.15) is 0 Å². The number of anilines is 1. The van der Waals surface area contributed by atoms with Crippen LogP contribution in [0.3, 0.4) is 0 Å². The van der Waals surface area contributed by atoms with Crippen molar-refractivity contribution in [3.63, 3.8) is 0 Å². The van der Waals surface area contributed by atoms with Crippen molar-refractivity contribution in [2.45, 2.75) is 46.1 Å². The van der Waals surface area contributed by atoms with Crippen molar-refractivity contribution in [3.8, 4) is 0 Å². The molecule has 2 atom stereocenters. The van der Waals surface area contributed by atoms with Crippen LogP contribution >= 0.6 is 0 Å². The van der Waals surface area contributed by atoms with Gasteiger partial charge in [0, 0.05) is 25.3 Å². The molecule has 0 radical (unpaired) electrons. The van der Waals surface area contributed by atoms with Crippen molar-refractivity contribution in [2.75, 3.05) is 24.5 Å². The number of rotatable bonds is 5. The molecule has 0 amide bonds. The quantitative estimate of drug-likeness (QED) is 0.880. The van der Waals surface area contributed by atoms with E-state index >= 15 is 0 Å². The Morgan fingerprint density at radius 1 is 1.42 bits per heavy atom. The maximum atomic E-state index is 4.66. The molecule has 0 aliphatic carbocycles. The van der Waals surface area contributed by atoms with Gasteiger partial charge in [-0.25, -0.2) is 4.98 Å². The molecule has 0 aromatic carbocycles. The van der Waals surface area contributed by atoms with E-state index in [0.717, 1.165) is 24.8 Å². The van der Waals surface area contributed by atoms with Gasteiger partial charge in [0.15, 0.2) is 0 Å². The zero-order valence-electron chi connectivity index (χ0n) is 12.5. The minimum atomic E-state index is 0.385. The van der Waals surface area contributed by atoms with Crippen molar-refractivity contribution in [2.24, 2.45) is 5.92 Å². The molecule has 2 heterocycles. The molecule has 1 N–H and O–H groups in total. The normalized spacial score (nSPS) is 21.4. The van der Waals surface area contributed by atoms with Crippen molar-refractivity contribution in [1.82, 2.24) is 10.3 Å². The smallest absolute Gasteiger partial charge is 0.128 e. The van der Waals surface area contributed by atoms with E-state index in [1.54, 1.807) is 0 Å².